The average Bonchev–Trinajstić information content (AvgIpc) is 3.21. The normalized spacial score (nSPS) is 18.2. The minimum Gasteiger partial charge on any atom is -0.299 e. The lowest BCUT2D eigenvalue weighted by Gasteiger charge is -2.16. The van der Waals surface area contributed by atoms with Gasteiger partial charge in [0.15, 0.2) is 4.34 Å². The molecule has 1 fully saturated rings. The van der Waals surface area contributed by atoms with E-state index in [9.17, 15) is 4.79 Å². The van der Waals surface area contributed by atoms with Crippen molar-refractivity contribution in [3.63, 3.8) is 0 Å². The summed E-state index contributed by atoms with van der Waals surface area (Å²) in [6, 6.07) is 2.44. The van der Waals surface area contributed by atoms with Gasteiger partial charge in [-0.05, 0) is 32.1 Å². The molecular formula is C15H22N6OS2. The van der Waals surface area contributed by atoms with Crippen LogP contribution in [0, 0.1) is 13.8 Å². The molecule has 2 aromatic heterocycles. The third-order valence-electron chi connectivity index (χ3n) is 3.93. The standard InChI is InChI=1S/C15H22N6OS2/c1-4-23-15-18-17-14(24-15)16-13(22)9-20-6-5-12(8-20)21-11(3)7-10(2)19-21/h7,12H,4-6,8-9H2,1-3H3,(H,16,17,22)/t12-/m0/s1. The van der Waals surface area contributed by atoms with Gasteiger partial charge in [-0.2, -0.15) is 5.10 Å². The number of rotatable bonds is 6. The molecule has 24 heavy (non-hydrogen) atoms. The molecule has 1 aliphatic rings. The number of aromatic nitrogens is 4. The smallest absolute Gasteiger partial charge is 0.240 e. The zero-order valence-electron chi connectivity index (χ0n) is 14.2. The summed E-state index contributed by atoms with van der Waals surface area (Å²) in [5.41, 5.74) is 2.22. The van der Waals surface area contributed by atoms with Gasteiger partial charge < -0.3 is 0 Å². The summed E-state index contributed by atoms with van der Waals surface area (Å²) in [7, 11) is 0. The van der Waals surface area contributed by atoms with Gasteiger partial charge in [0.05, 0.1) is 18.3 Å². The fourth-order valence-corrected chi connectivity index (χ4v) is 4.64. The second-order valence-electron chi connectivity index (χ2n) is 5.90. The van der Waals surface area contributed by atoms with E-state index in [-0.39, 0.29) is 5.91 Å². The number of thioether (sulfide) groups is 1. The lowest BCUT2D eigenvalue weighted by atomic mass is 10.2. The third-order valence-corrected chi connectivity index (χ3v) is 5.78. The fraction of sp³-hybridized carbons (Fsp3) is 0.600. The van der Waals surface area contributed by atoms with E-state index in [4.69, 9.17) is 0 Å². The zero-order chi connectivity index (χ0) is 17.1. The Bertz CT molecular complexity index is 713. The summed E-state index contributed by atoms with van der Waals surface area (Å²) >= 11 is 3.05. The van der Waals surface area contributed by atoms with Gasteiger partial charge in [0.1, 0.15) is 0 Å². The molecule has 1 aliphatic heterocycles. The lowest BCUT2D eigenvalue weighted by molar-refractivity contribution is -0.117. The van der Waals surface area contributed by atoms with Crippen LogP contribution in [-0.4, -0.2) is 56.2 Å². The number of hydrogen-bond donors (Lipinski definition) is 1. The van der Waals surface area contributed by atoms with E-state index in [0.717, 1.165) is 35.3 Å². The van der Waals surface area contributed by atoms with Crippen molar-refractivity contribution in [1.29, 1.82) is 0 Å². The van der Waals surface area contributed by atoms with Crippen molar-refractivity contribution in [3.05, 3.63) is 17.5 Å². The number of nitrogens with one attached hydrogen (secondary N) is 1. The van der Waals surface area contributed by atoms with Crippen LogP contribution in [0.1, 0.15) is 30.8 Å². The molecule has 3 rings (SSSR count). The van der Waals surface area contributed by atoms with Crippen molar-refractivity contribution in [2.24, 2.45) is 0 Å². The van der Waals surface area contributed by atoms with Gasteiger partial charge in [0, 0.05) is 18.8 Å². The van der Waals surface area contributed by atoms with Gasteiger partial charge >= 0.3 is 0 Å². The summed E-state index contributed by atoms with van der Waals surface area (Å²) < 4.78 is 2.98. The molecule has 0 aromatic carbocycles. The molecule has 1 saturated heterocycles. The van der Waals surface area contributed by atoms with Gasteiger partial charge in [-0.1, -0.05) is 30.0 Å². The highest BCUT2D eigenvalue weighted by Crippen LogP contribution is 2.25. The number of carbonyl (C=O) groups excluding carboxylic acids is 1. The molecule has 7 nitrogen and oxygen atoms in total. The SMILES string of the molecule is CCSc1nnc(NC(=O)CN2CC[C@H](n3nc(C)cc3C)C2)s1. The molecular weight excluding hydrogens is 344 g/mol. The molecule has 0 unspecified atom stereocenters. The van der Waals surface area contributed by atoms with Gasteiger partial charge in [-0.3, -0.25) is 19.7 Å². The molecule has 1 amide bonds. The highest BCUT2D eigenvalue weighted by Gasteiger charge is 2.27. The summed E-state index contributed by atoms with van der Waals surface area (Å²) in [6.07, 6.45) is 1.02. The molecule has 2 aromatic rings. The van der Waals surface area contributed by atoms with Crippen molar-refractivity contribution in [2.45, 2.75) is 37.6 Å². The van der Waals surface area contributed by atoms with E-state index in [0.29, 0.717) is 17.7 Å². The van der Waals surface area contributed by atoms with E-state index >= 15 is 0 Å². The van der Waals surface area contributed by atoms with Crippen LogP contribution in [0.3, 0.4) is 0 Å². The molecule has 0 radical (unpaired) electrons. The maximum Gasteiger partial charge on any atom is 0.240 e. The number of anilines is 1. The Balaban J connectivity index is 1.51. The molecule has 130 valence electrons. The predicted octanol–water partition coefficient (Wildman–Crippen LogP) is 2.35. The van der Waals surface area contributed by atoms with Crippen LogP contribution in [0.25, 0.3) is 0 Å². The second kappa shape index (κ2) is 7.62. The van der Waals surface area contributed by atoms with Crippen LogP contribution in [0.4, 0.5) is 5.13 Å². The summed E-state index contributed by atoms with van der Waals surface area (Å²) in [6.45, 7) is 8.29. The Morgan fingerprint density at radius 3 is 3.00 bits per heavy atom. The van der Waals surface area contributed by atoms with E-state index in [1.54, 1.807) is 11.8 Å². The number of likely N-dealkylation sites (tertiary alicyclic amines) is 1. The van der Waals surface area contributed by atoms with E-state index < -0.39 is 0 Å². The lowest BCUT2D eigenvalue weighted by Crippen LogP contribution is -2.32. The third kappa shape index (κ3) is 4.14. The topological polar surface area (TPSA) is 75.9 Å². The second-order valence-corrected chi connectivity index (χ2v) is 8.39. The molecule has 1 N–H and O–H groups in total. The van der Waals surface area contributed by atoms with Gasteiger partial charge in [-0.25, -0.2) is 0 Å². The molecule has 1 atom stereocenters. The Kier molecular flexibility index (Phi) is 5.52. The van der Waals surface area contributed by atoms with E-state index in [1.165, 1.54) is 17.0 Å². The van der Waals surface area contributed by atoms with Crippen molar-refractivity contribution < 1.29 is 4.79 Å². The van der Waals surface area contributed by atoms with Gasteiger partial charge in [0.25, 0.3) is 0 Å². The first-order chi connectivity index (χ1) is 11.5. The number of carbonyl (C=O) groups is 1. The van der Waals surface area contributed by atoms with Crippen LogP contribution in [-0.2, 0) is 4.79 Å². The zero-order valence-corrected chi connectivity index (χ0v) is 15.8. The largest absolute Gasteiger partial charge is 0.299 e. The maximum atomic E-state index is 12.2. The predicted molar refractivity (Wildman–Crippen MR) is 96.7 cm³/mol. The first-order valence-corrected chi connectivity index (χ1v) is 9.86. The highest BCUT2D eigenvalue weighted by atomic mass is 32.2. The quantitative estimate of drug-likeness (QED) is 0.625. The first-order valence-electron chi connectivity index (χ1n) is 8.06. The van der Waals surface area contributed by atoms with Crippen LogP contribution in [0.5, 0.6) is 0 Å². The van der Waals surface area contributed by atoms with Gasteiger partial charge in [0.2, 0.25) is 11.0 Å². The van der Waals surface area contributed by atoms with Crippen molar-refractivity contribution in [3.8, 4) is 0 Å². The summed E-state index contributed by atoms with van der Waals surface area (Å²) in [5, 5.41) is 16.0. The van der Waals surface area contributed by atoms with Crippen LogP contribution in [0.15, 0.2) is 10.4 Å². The van der Waals surface area contributed by atoms with Crippen molar-refractivity contribution >= 4 is 34.1 Å². The highest BCUT2D eigenvalue weighted by molar-refractivity contribution is 8.01. The maximum absolute atomic E-state index is 12.2. The summed E-state index contributed by atoms with van der Waals surface area (Å²) in [5.74, 6) is 0.914. The van der Waals surface area contributed by atoms with Crippen LogP contribution >= 0.6 is 23.1 Å². The molecule has 9 heteroatoms. The molecule has 0 saturated carbocycles. The monoisotopic (exact) mass is 366 g/mol. The average molecular weight is 367 g/mol. The first kappa shape index (κ1) is 17.4. The van der Waals surface area contributed by atoms with E-state index in [1.807, 2.05) is 6.92 Å². The Hall–Kier alpha value is -1.45. The van der Waals surface area contributed by atoms with E-state index in [2.05, 4.69) is 50.1 Å². The summed E-state index contributed by atoms with van der Waals surface area (Å²) in [4.78, 5) is 14.4. The Morgan fingerprint density at radius 2 is 2.29 bits per heavy atom. The number of hydrogen-bond acceptors (Lipinski definition) is 7. The van der Waals surface area contributed by atoms with Gasteiger partial charge in [-0.15, -0.1) is 10.2 Å². The molecule has 0 aliphatic carbocycles. The fourth-order valence-electron chi connectivity index (χ4n) is 2.98. The van der Waals surface area contributed by atoms with Crippen molar-refractivity contribution in [2.75, 3.05) is 30.7 Å². The minimum atomic E-state index is -0.0341. The molecule has 0 bridgehead atoms. The minimum absolute atomic E-state index is 0.0341. The number of aryl methyl sites for hydroxylation is 2. The number of amides is 1. The van der Waals surface area contributed by atoms with Crippen LogP contribution < -0.4 is 5.32 Å². The number of nitrogens with zero attached hydrogens (tertiary/aromatic N) is 5. The Morgan fingerprint density at radius 1 is 1.46 bits per heavy atom. The molecule has 0 spiro atoms. The Labute approximate surface area is 149 Å². The molecule has 3 heterocycles. The van der Waals surface area contributed by atoms with Crippen molar-refractivity contribution in [1.82, 2.24) is 24.9 Å². The van der Waals surface area contributed by atoms with Crippen LogP contribution in [0.2, 0.25) is 0 Å².